The second-order valence-electron chi connectivity index (χ2n) is 8.83. The molecule has 0 aliphatic carbocycles. The van der Waals surface area contributed by atoms with Crippen molar-refractivity contribution < 1.29 is 23.8 Å². The average molecular weight is 500 g/mol. The summed E-state index contributed by atoms with van der Waals surface area (Å²) < 4.78 is 16.6. The molecule has 2 heterocycles. The lowest BCUT2D eigenvalue weighted by Crippen LogP contribution is -2.40. The first-order valence-corrected chi connectivity index (χ1v) is 12.3. The number of benzene rings is 3. The van der Waals surface area contributed by atoms with E-state index in [4.69, 9.17) is 19.3 Å². The van der Waals surface area contributed by atoms with Crippen LogP contribution in [0.2, 0.25) is 0 Å². The summed E-state index contributed by atoms with van der Waals surface area (Å²) >= 11 is 0. The molecule has 1 saturated heterocycles. The molecule has 0 unspecified atom stereocenters. The van der Waals surface area contributed by atoms with Gasteiger partial charge in [-0.15, -0.1) is 0 Å². The van der Waals surface area contributed by atoms with Crippen molar-refractivity contribution in [2.45, 2.75) is 12.5 Å². The van der Waals surface area contributed by atoms with E-state index in [1.165, 1.54) is 5.01 Å². The standard InChI is InChI=1S/C29H29N3O5/c1-35-23-13-11-22(12-14-23)26-19-25(21-7-3-2-4-8-21)30-32(26)28(33)20-37-27-10-6-5-9-24(27)29(34)31-15-17-36-18-16-31/h2-14,26H,15-20H2,1H3/t26-/m1/s1. The minimum Gasteiger partial charge on any atom is -0.497 e. The van der Waals surface area contributed by atoms with Crippen LogP contribution in [0.25, 0.3) is 0 Å². The largest absolute Gasteiger partial charge is 0.497 e. The second kappa shape index (κ2) is 11.3. The van der Waals surface area contributed by atoms with Gasteiger partial charge in [-0.1, -0.05) is 54.6 Å². The number of amides is 2. The molecule has 2 aliphatic heterocycles. The van der Waals surface area contributed by atoms with Crippen LogP contribution in [0.1, 0.15) is 33.9 Å². The van der Waals surface area contributed by atoms with Crippen LogP contribution in [-0.2, 0) is 9.53 Å². The molecule has 5 rings (SSSR count). The van der Waals surface area contributed by atoms with Gasteiger partial charge in [-0.05, 0) is 35.4 Å². The number of para-hydroxylation sites is 1. The Morgan fingerprint density at radius 2 is 1.65 bits per heavy atom. The average Bonchev–Trinajstić information content (AvgIpc) is 3.42. The van der Waals surface area contributed by atoms with Crippen LogP contribution in [0.5, 0.6) is 11.5 Å². The normalized spacial score (nSPS) is 17.3. The summed E-state index contributed by atoms with van der Waals surface area (Å²) in [4.78, 5) is 28.3. The monoisotopic (exact) mass is 499 g/mol. The number of methoxy groups -OCH3 is 1. The highest BCUT2D eigenvalue weighted by molar-refractivity contribution is 6.03. The summed E-state index contributed by atoms with van der Waals surface area (Å²) in [6.07, 6.45) is 0.578. The number of nitrogens with zero attached hydrogens (tertiary/aromatic N) is 3. The van der Waals surface area contributed by atoms with Crippen LogP contribution in [0.3, 0.4) is 0 Å². The van der Waals surface area contributed by atoms with E-state index in [9.17, 15) is 9.59 Å². The molecule has 8 heteroatoms. The zero-order chi connectivity index (χ0) is 25.6. The second-order valence-corrected chi connectivity index (χ2v) is 8.83. The van der Waals surface area contributed by atoms with Gasteiger partial charge in [0, 0.05) is 19.5 Å². The minimum atomic E-state index is -0.291. The molecule has 0 radical (unpaired) electrons. The van der Waals surface area contributed by atoms with Gasteiger partial charge < -0.3 is 19.1 Å². The van der Waals surface area contributed by atoms with Crippen molar-refractivity contribution in [2.75, 3.05) is 40.0 Å². The Balaban J connectivity index is 1.35. The Hall–Kier alpha value is -4.17. The SMILES string of the molecule is COc1ccc([C@H]2CC(c3ccccc3)=NN2C(=O)COc2ccccc2C(=O)N2CCOCC2)cc1. The van der Waals surface area contributed by atoms with E-state index in [1.807, 2.05) is 54.6 Å². The highest BCUT2D eigenvalue weighted by Crippen LogP contribution is 2.34. The predicted molar refractivity (Wildman–Crippen MR) is 139 cm³/mol. The molecule has 0 aromatic heterocycles. The highest BCUT2D eigenvalue weighted by atomic mass is 16.5. The third-order valence-corrected chi connectivity index (χ3v) is 6.54. The van der Waals surface area contributed by atoms with Gasteiger partial charge in [-0.2, -0.15) is 5.10 Å². The predicted octanol–water partition coefficient (Wildman–Crippen LogP) is 3.92. The Morgan fingerprint density at radius 1 is 0.946 bits per heavy atom. The van der Waals surface area contributed by atoms with Crippen LogP contribution in [0, 0.1) is 0 Å². The van der Waals surface area contributed by atoms with Crippen molar-refractivity contribution >= 4 is 17.5 Å². The number of hydrogen-bond acceptors (Lipinski definition) is 6. The van der Waals surface area contributed by atoms with Gasteiger partial charge in [0.25, 0.3) is 11.8 Å². The molecule has 0 bridgehead atoms. The molecule has 0 N–H and O–H groups in total. The fourth-order valence-corrected chi connectivity index (χ4v) is 4.54. The Labute approximate surface area is 216 Å². The summed E-state index contributed by atoms with van der Waals surface area (Å²) in [6.45, 7) is 1.83. The third kappa shape index (κ3) is 5.49. The summed E-state index contributed by atoms with van der Waals surface area (Å²) in [5.74, 6) is 0.696. The first-order valence-electron chi connectivity index (χ1n) is 12.3. The van der Waals surface area contributed by atoms with E-state index < -0.39 is 0 Å². The molecule has 3 aromatic rings. The molecule has 1 fully saturated rings. The Bertz CT molecular complexity index is 1270. The van der Waals surface area contributed by atoms with Crippen LogP contribution in [0.15, 0.2) is 84.0 Å². The van der Waals surface area contributed by atoms with Gasteiger partial charge >= 0.3 is 0 Å². The van der Waals surface area contributed by atoms with E-state index >= 15 is 0 Å². The maximum absolute atomic E-state index is 13.4. The molecule has 2 aliphatic rings. The first kappa shape index (κ1) is 24.5. The zero-order valence-corrected chi connectivity index (χ0v) is 20.7. The fourth-order valence-electron chi connectivity index (χ4n) is 4.54. The van der Waals surface area contributed by atoms with E-state index in [-0.39, 0.29) is 24.5 Å². The number of morpholine rings is 1. The maximum Gasteiger partial charge on any atom is 0.281 e. The number of hydrogen-bond donors (Lipinski definition) is 0. The lowest BCUT2D eigenvalue weighted by atomic mass is 9.98. The molecular weight excluding hydrogens is 470 g/mol. The summed E-state index contributed by atoms with van der Waals surface area (Å²) in [5.41, 5.74) is 3.18. The van der Waals surface area contributed by atoms with E-state index in [0.29, 0.717) is 44.0 Å². The first-order chi connectivity index (χ1) is 18.1. The maximum atomic E-state index is 13.4. The van der Waals surface area contributed by atoms with E-state index in [0.717, 1.165) is 22.6 Å². The van der Waals surface area contributed by atoms with Crippen molar-refractivity contribution in [1.29, 1.82) is 0 Å². The number of carbonyl (C=O) groups is 2. The number of carbonyl (C=O) groups excluding carboxylic acids is 2. The van der Waals surface area contributed by atoms with Crippen molar-refractivity contribution in [3.05, 3.63) is 95.6 Å². The van der Waals surface area contributed by atoms with Gasteiger partial charge in [0.1, 0.15) is 11.5 Å². The van der Waals surface area contributed by atoms with E-state index in [1.54, 1.807) is 36.3 Å². The zero-order valence-electron chi connectivity index (χ0n) is 20.7. The van der Waals surface area contributed by atoms with Crippen LogP contribution in [-0.4, -0.2) is 67.5 Å². The van der Waals surface area contributed by atoms with E-state index in [2.05, 4.69) is 0 Å². The summed E-state index contributed by atoms with van der Waals surface area (Å²) in [7, 11) is 1.62. The van der Waals surface area contributed by atoms with Crippen molar-refractivity contribution in [3.63, 3.8) is 0 Å². The van der Waals surface area contributed by atoms with Gasteiger partial charge in [0.15, 0.2) is 6.61 Å². The summed E-state index contributed by atoms with van der Waals surface area (Å²) in [5, 5.41) is 6.20. The molecule has 1 atom stereocenters. The lowest BCUT2D eigenvalue weighted by Gasteiger charge is -2.27. The topological polar surface area (TPSA) is 80.7 Å². The van der Waals surface area contributed by atoms with Gasteiger partial charge in [0.05, 0.1) is 37.6 Å². The van der Waals surface area contributed by atoms with Crippen molar-refractivity contribution in [3.8, 4) is 11.5 Å². The lowest BCUT2D eigenvalue weighted by molar-refractivity contribution is -0.135. The molecule has 37 heavy (non-hydrogen) atoms. The minimum absolute atomic E-state index is 0.131. The van der Waals surface area contributed by atoms with Crippen LogP contribution >= 0.6 is 0 Å². The molecule has 3 aromatic carbocycles. The van der Waals surface area contributed by atoms with Crippen LogP contribution < -0.4 is 9.47 Å². The molecular formula is C29H29N3O5. The van der Waals surface area contributed by atoms with Gasteiger partial charge in [0.2, 0.25) is 0 Å². The molecule has 0 saturated carbocycles. The van der Waals surface area contributed by atoms with Crippen LogP contribution in [0.4, 0.5) is 0 Å². The number of rotatable bonds is 7. The van der Waals surface area contributed by atoms with Crippen molar-refractivity contribution in [1.82, 2.24) is 9.91 Å². The number of ether oxygens (including phenoxy) is 3. The quantitative estimate of drug-likeness (QED) is 0.492. The molecule has 2 amide bonds. The highest BCUT2D eigenvalue weighted by Gasteiger charge is 2.33. The van der Waals surface area contributed by atoms with Gasteiger partial charge in [-0.25, -0.2) is 5.01 Å². The molecule has 190 valence electrons. The van der Waals surface area contributed by atoms with Crippen molar-refractivity contribution in [2.24, 2.45) is 5.10 Å². The Morgan fingerprint density at radius 3 is 2.38 bits per heavy atom. The third-order valence-electron chi connectivity index (χ3n) is 6.54. The fraction of sp³-hybridized carbons (Fsp3) is 0.276. The molecule has 8 nitrogen and oxygen atoms in total. The smallest absolute Gasteiger partial charge is 0.281 e. The number of hydrazone groups is 1. The Kier molecular flexibility index (Phi) is 7.46. The molecule has 0 spiro atoms. The summed E-state index contributed by atoms with van der Waals surface area (Å²) in [6, 6.07) is 24.2. The van der Waals surface area contributed by atoms with Gasteiger partial charge in [-0.3, -0.25) is 9.59 Å².